The van der Waals surface area contributed by atoms with Crippen LogP contribution in [-0.2, 0) is 14.3 Å². The Kier molecular flexibility index (Phi) is 7.74. The van der Waals surface area contributed by atoms with Crippen LogP contribution in [0.5, 0.6) is 0 Å². The third kappa shape index (κ3) is 5.21. The highest BCUT2D eigenvalue weighted by Gasteiger charge is 2.38. The number of hydrogen-bond acceptors (Lipinski definition) is 6. The third-order valence-corrected chi connectivity index (χ3v) is 5.92. The first-order valence-electron chi connectivity index (χ1n) is 10.3. The molecule has 0 bridgehead atoms. The van der Waals surface area contributed by atoms with E-state index in [0.29, 0.717) is 27.6 Å². The number of nitrogens with zero attached hydrogens (tertiary/aromatic N) is 1. The first kappa shape index (κ1) is 23.2. The minimum absolute atomic E-state index is 0.198. The fraction of sp³-hybridized carbons (Fsp3) is 0.240. The highest BCUT2D eigenvalue weighted by Crippen LogP contribution is 2.42. The zero-order valence-electron chi connectivity index (χ0n) is 18.2. The number of thioether (sulfide) groups is 1. The van der Waals surface area contributed by atoms with Crippen LogP contribution in [0.4, 0.5) is 5.69 Å². The number of allylic oxidation sites excluding steroid dienone is 1. The standard InChI is InChI=1S/C25H25N3O3S/c1-4-31-25(30)22-21(18-11-7-5-8-12-18)20(17(3)27-24(22)32-16(2)15-26)23(29)28-19-13-9-6-10-14-19/h5-14,16,21,27H,4H2,1-3H3,(H,28,29)/t16-,21+/m0/s1. The predicted molar refractivity (Wildman–Crippen MR) is 126 cm³/mol. The Morgan fingerprint density at radius 2 is 1.75 bits per heavy atom. The zero-order chi connectivity index (χ0) is 23.1. The van der Waals surface area contributed by atoms with Gasteiger partial charge in [-0.1, -0.05) is 60.3 Å². The van der Waals surface area contributed by atoms with E-state index < -0.39 is 17.1 Å². The summed E-state index contributed by atoms with van der Waals surface area (Å²) in [6, 6.07) is 20.7. The van der Waals surface area contributed by atoms with Crippen LogP contribution < -0.4 is 10.6 Å². The van der Waals surface area contributed by atoms with E-state index in [2.05, 4.69) is 16.7 Å². The first-order valence-corrected chi connectivity index (χ1v) is 11.2. The van der Waals surface area contributed by atoms with E-state index in [1.165, 1.54) is 11.8 Å². The van der Waals surface area contributed by atoms with Crippen molar-refractivity contribution in [1.29, 1.82) is 5.26 Å². The summed E-state index contributed by atoms with van der Waals surface area (Å²) in [6.07, 6.45) is 0. The molecule has 1 aliphatic heterocycles. The molecule has 1 heterocycles. The average molecular weight is 448 g/mol. The Morgan fingerprint density at radius 3 is 2.34 bits per heavy atom. The summed E-state index contributed by atoms with van der Waals surface area (Å²) in [4.78, 5) is 26.6. The summed E-state index contributed by atoms with van der Waals surface area (Å²) in [6.45, 7) is 5.50. The number of nitrogens with one attached hydrogen (secondary N) is 2. The van der Waals surface area contributed by atoms with Gasteiger partial charge < -0.3 is 15.4 Å². The summed E-state index contributed by atoms with van der Waals surface area (Å²) < 4.78 is 5.37. The summed E-state index contributed by atoms with van der Waals surface area (Å²) in [5.41, 5.74) is 2.82. The number of ether oxygens (including phenoxy) is 1. The topological polar surface area (TPSA) is 91.2 Å². The van der Waals surface area contributed by atoms with Gasteiger partial charge in [0.2, 0.25) is 0 Å². The molecule has 2 N–H and O–H groups in total. The molecule has 2 atom stereocenters. The first-order chi connectivity index (χ1) is 15.5. The maximum atomic E-state index is 13.4. The fourth-order valence-electron chi connectivity index (χ4n) is 3.51. The van der Waals surface area contributed by atoms with Crippen molar-refractivity contribution in [1.82, 2.24) is 5.32 Å². The normalized spacial score (nSPS) is 16.6. The number of dihydropyridines is 1. The van der Waals surface area contributed by atoms with Gasteiger partial charge in [-0.3, -0.25) is 4.79 Å². The van der Waals surface area contributed by atoms with Crippen molar-refractivity contribution in [2.75, 3.05) is 11.9 Å². The number of carbonyl (C=O) groups is 2. The minimum atomic E-state index is -0.645. The van der Waals surface area contributed by atoms with E-state index in [-0.39, 0.29) is 12.5 Å². The monoisotopic (exact) mass is 447 g/mol. The molecule has 2 aromatic carbocycles. The molecular formula is C25H25N3O3S. The molecule has 0 radical (unpaired) electrons. The second-order valence-electron chi connectivity index (χ2n) is 7.18. The highest BCUT2D eigenvalue weighted by molar-refractivity contribution is 8.03. The fourth-order valence-corrected chi connectivity index (χ4v) is 4.46. The van der Waals surface area contributed by atoms with Gasteiger partial charge in [0.25, 0.3) is 5.91 Å². The lowest BCUT2D eigenvalue weighted by atomic mass is 9.81. The molecular weight excluding hydrogens is 422 g/mol. The van der Waals surface area contributed by atoms with Gasteiger partial charge in [0.05, 0.1) is 34.4 Å². The maximum absolute atomic E-state index is 13.4. The van der Waals surface area contributed by atoms with Gasteiger partial charge in [-0.2, -0.15) is 5.26 Å². The number of esters is 1. The van der Waals surface area contributed by atoms with Crippen molar-refractivity contribution in [3.63, 3.8) is 0 Å². The average Bonchev–Trinajstić information content (AvgIpc) is 2.79. The van der Waals surface area contributed by atoms with Crippen LogP contribution in [0.1, 0.15) is 32.3 Å². The molecule has 0 aliphatic carbocycles. The lowest BCUT2D eigenvalue weighted by Crippen LogP contribution is -2.34. The Balaban J connectivity index is 2.14. The van der Waals surface area contributed by atoms with Crippen molar-refractivity contribution in [3.8, 4) is 6.07 Å². The van der Waals surface area contributed by atoms with Crippen LogP contribution >= 0.6 is 11.8 Å². The molecule has 1 aliphatic rings. The number of carbonyl (C=O) groups excluding carboxylic acids is 2. The van der Waals surface area contributed by atoms with E-state index in [1.54, 1.807) is 32.9 Å². The highest BCUT2D eigenvalue weighted by atomic mass is 32.2. The molecule has 3 rings (SSSR count). The number of amides is 1. The smallest absolute Gasteiger partial charge is 0.337 e. The van der Waals surface area contributed by atoms with Crippen molar-refractivity contribution < 1.29 is 14.3 Å². The molecule has 0 spiro atoms. The number of para-hydroxylation sites is 1. The van der Waals surface area contributed by atoms with Crippen molar-refractivity contribution in [2.24, 2.45) is 0 Å². The lowest BCUT2D eigenvalue weighted by Gasteiger charge is -2.32. The van der Waals surface area contributed by atoms with Crippen molar-refractivity contribution in [3.05, 3.63) is 88.1 Å². The van der Waals surface area contributed by atoms with Gasteiger partial charge >= 0.3 is 5.97 Å². The van der Waals surface area contributed by atoms with Gasteiger partial charge in [-0.15, -0.1) is 0 Å². The zero-order valence-corrected chi connectivity index (χ0v) is 19.0. The van der Waals surface area contributed by atoms with Gasteiger partial charge in [0.1, 0.15) is 0 Å². The van der Waals surface area contributed by atoms with Crippen LogP contribution in [0.15, 0.2) is 82.5 Å². The van der Waals surface area contributed by atoms with Crippen molar-refractivity contribution in [2.45, 2.75) is 31.9 Å². The second-order valence-corrected chi connectivity index (χ2v) is 8.53. The molecule has 1 amide bonds. The SMILES string of the molecule is CCOC(=O)C1=C(S[C@@H](C)C#N)NC(C)=C(C(=O)Nc2ccccc2)[C@H]1c1ccccc1. The maximum Gasteiger partial charge on any atom is 0.337 e. The van der Waals surface area contributed by atoms with Crippen LogP contribution in [0.3, 0.4) is 0 Å². The van der Waals surface area contributed by atoms with Gasteiger partial charge in [-0.05, 0) is 38.5 Å². The molecule has 6 nitrogen and oxygen atoms in total. The summed E-state index contributed by atoms with van der Waals surface area (Å²) in [5.74, 6) is -1.47. The minimum Gasteiger partial charge on any atom is -0.463 e. The van der Waals surface area contributed by atoms with E-state index >= 15 is 0 Å². The van der Waals surface area contributed by atoms with Crippen LogP contribution in [0.2, 0.25) is 0 Å². The number of rotatable bonds is 7. The van der Waals surface area contributed by atoms with Gasteiger partial charge in [0.15, 0.2) is 0 Å². The quantitative estimate of drug-likeness (QED) is 0.598. The molecule has 7 heteroatoms. The predicted octanol–water partition coefficient (Wildman–Crippen LogP) is 4.71. The van der Waals surface area contributed by atoms with Crippen LogP contribution in [-0.4, -0.2) is 23.7 Å². The number of hydrogen-bond donors (Lipinski definition) is 2. The molecule has 164 valence electrons. The number of benzene rings is 2. The molecule has 32 heavy (non-hydrogen) atoms. The van der Waals surface area contributed by atoms with Crippen LogP contribution in [0.25, 0.3) is 0 Å². The summed E-state index contributed by atoms with van der Waals surface area (Å²) in [7, 11) is 0. The molecule has 2 aromatic rings. The number of nitriles is 1. The third-order valence-electron chi connectivity index (χ3n) is 4.91. The largest absolute Gasteiger partial charge is 0.463 e. The van der Waals surface area contributed by atoms with E-state index in [9.17, 15) is 14.9 Å². The Hall–Kier alpha value is -3.50. The van der Waals surface area contributed by atoms with Crippen LogP contribution in [0, 0.1) is 11.3 Å². The summed E-state index contributed by atoms with van der Waals surface area (Å²) in [5, 5.41) is 15.6. The summed E-state index contributed by atoms with van der Waals surface area (Å²) >= 11 is 1.24. The van der Waals surface area contributed by atoms with E-state index in [4.69, 9.17) is 4.74 Å². The molecule has 0 saturated heterocycles. The lowest BCUT2D eigenvalue weighted by molar-refractivity contribution is -0.138. The van der Waals surface area contributed by atoms with Gasteiger partial charge in [-0.25, -0.2) is 4.79 Å². The molecule has 0 saturated carbocycles. The van der Waals surface area contributed by atoms with E-state index in [1.807, 2.05) is 48.5 Å². The molecule has 0 aromatic heterocycles. The molecule has 0 fully saturated rings. The Labute approximate surface area is 192 Å². The molecule has 0 unspecified atom stereocenters. The van der Waals surface area contributed by atoms with Crippen molar-refractivity contribution >= 4 is 29.3 Å². The number of anilines is 1. The second kappa shape index (κ2) is 10.7. The Morgan fingerprint density at radius 1 is 1.12 bits per heavy atom. The van der Waals surface area contributed by atoms with E-state index in [0.717, 1.165) is 5.56 Å². The Bertz CT molecular complexity index is 1090. The van der Waals surface area contributed by atoms with Gasteiger partial charge in [0, 0.05) is 17.0 Å².